The van der Waals surface area contributed by atoms with Crippen LogP contribution in [0.2, 0.25) is 0 Å². The molecule has 2 aromatic rings. The standard InChI is InChI=1S/C15H15NO/c1-11-6-8-12(9-7-11)15-10-16-13-4-2-3-5-14(13)17-15/h2-9,15-16H,10H2,1H3. The van der Waals surface area contributed by atoms with Gasteiger partial charge in [-0.05, 0) is 24.6 Å². The first-order chi connectivity index (χ1) is 8.33. The summed E-state index contributed by atoms with van der Waals surface area (Å²) in [6.07, 6.45) is 0.102. The molecule has 0 aromatic heterocycles. The number of fused-ring (bicyclic) bond motifs is 1. The predicted octanol–water partition coefficient (Wildman–Crippen LogP) is 3.54. The third-order valence-corrected chi connectivity index (χ3v) is 3.08. The van der Waals surface area contributed by atoms with Gasteiger partial charge in [-0.2, -0.15) is 0 Å². The van der Waals surface area contributed by atoms with Crippen LogP contribution in [-0.2, 0) is 0 Å². The van der Waals surface area contributed by atoms with E-state index in [0.29, 0.717) is 0 Å². The fourth-order valence-electron chi connectivity index (χ4n) is 2.08. The highest BCUT2D eigenvalue weighted by Gasteiger charge is 2.19. The van der Waals surface area contributed by atoms with E-state index in [2.05, 4.69) is 36.5 Å². The van der Waals surface area contributed by atoms with E-state index in [0.717, 1.165) is 18.0 Å². The third-order valence-electron chi connectivity index (χ3n) is 3.08. The zero-order chi connectivity index (χ0) is 11.7. The van der Waals surface area contributed by atoms with E-state index in [9.17, 15) is 0 Å². The lowest BCUT2D eigenvalue weighted by molar-refractivity contribution is 0.210. The number of aryl methyl sites for hydroxylation is 1. The van der Waals surface area contributed by atoms with Gasteiger partial charge < -0.3 is 10.1 Å². The fourth-order valence-corrected chi connectivity index (χ4v) is 2.08. The normalized spacial score (nSPS) is 17.8. The second-order valence-electron chi connectivity index (χ2n) is 4.39. The molecule has 0 bridgehead atoms. The van der Waals surface area contributed by atoms with E-state index in [1.807, 2.05) is 24.3 Å². The smallest absolute Gasteiger partial charge is 0.143 e. The Morgan fingerprint density at radius 2 is 1.82 bits per heavy atom. The van der Waals surface area contributed by atoms with Crippen LogP contribution in [0, 0.1) is 6.92 Å². The zero-order valence-corrected chi connectivity index (χ0v) is 9.81. The summed E-state index contributed by atoms with van der Waals surface area (Å²) in [5.74, 6) is 0.935. The molecular formula is C15H15NO. The van der Waals surface area contributed by atoms with Crippen molar-refractivity contribution in [2.75, 3.05) is 11.9 Å². The fraction of sp³-hybridized carbons (Fsp3) is 0.200. The molecule has 1 aliphatic rings. The summed E-state index contributed by atoms with van der Waals surface area (Å²) in [4.78, 5) is 0. The maximum atomic E-state index is 6.00. The van der Waals surface area contributed by atoms with Crippen molar-refractivity contribution in [3.63, 3.8) is 0 Å². The monoisotopic (exact) mass is 225 g/mol. The topological polar surface area (TPSA) is 21.3 Å². The van der Waals surface area contributed by atoms with E-state index in [1.165, 1.54) is 11.1 Å². The molecule has 0 radical (unpaired) electrons. The van der Waals surface area contributed by atoms with Crippen LogP contribution in [0.5, 0.6) is 5.75 Å². The lowest BCUT2D eigenvalue weighted by Gasteiger charge is -2.27. The van der Waals surface area contributed by atoms with Gasteiger partial charge in [0, 0.05) is 0 Å². The quantitative estimate of drug-likeness (QED) is 0.801. The lowest BCUT2D eigenvalue weighted by atomic mass is 10.1. The second-order valence-corrected chi connectivity index (χ2v) is 4.39. The van der Waals surface area contributed by atoms with Crippen LogP contribution in [0.25, 0.3) is 0 Å². The number of para-hydroxylation sites is 2. The Balaban J connectivity index is 1.86. The van der Waals surface area contributed by atoms with Crippen molar-refractivity contribution in [2.24, 2.45) is 0 Å². The Kier molecular flexibility index (Phi) is 2.48. The molecule has 0 aliphatic carbocycles. The van der Waals surface area contributed by atoms with Crippen molar-refractivity contribution in [1.82, 2.24) is 0 Å². The summed E-state index contributed by atoms with van der Waals surface area (Å²) in [6, 6.07) is 16.6. The first-order valence-corrected chi connectivity index (χ1v) is 5.89. The number of hydrogen-bond acceptors (Lipinski definition) is 2. The van der Waals surface area contributed by atoms with Crippen molar-refractivity contribution in [2.45, 2.75) is 13.0 Å². The summed E-state index contributed by atoms with van der Waals surface area (Å²) in [6.45, 7) is 2.92. The summed E-state index contributed by atoms with van der Waals surface area (Å²) >= 11 is 0. The first-order valence-electron chi connectivity index (χ1n) is 5.89. The molecule has 3 rings (SSSR count). The Morgan fingerprint density at radius 3 is 2.65 bits per heavy atom. The maximum absolute atomic E-state index is 6.00. The van der Waals surface area contributed by atoms with E-state index < -0.39 is 0 Å². The van der Waals surface area contributed by atoms with Gasteiger partial charge in [-0.3, -0.25) is 0 Å². The first kappa shape index (κ1) is 10.2. The molecule has 1 heterocycles. The summed E-state index contributed by atoms with van der Waals surface area (Å²) < 4.78 is 6.00. The number of anilines is 1. The molecule has 0 saturated carbocycles. The minimum atomic E-state index is 0.102. The van der Waals surface area contributed by atoms with Crippen LogP contribution in [0.15, 0.2) is 48.5 Å². The average Bonchev–Trinajstić information content (AvgIpc) is 2.39. The van der Waals surface area contributed by atoms with Gasteiger partial charge in [0.1, 0.15) is 11.9 Å². The largest absolute Gasteiger partial charge is 0.482 e. The van der Waals surface area contributed by atoms with E-state index in [-0.39, 0.29) is 6.10 Å². The van der Waals surface area contributed by atoms with Crippen molar-refractivity contribution < 1.29 is 4.74 Å². The Bertz CT molecular complexity index is 519. The lowest BCUT2D eigenvalue weighted by Crippen LogP contribution is -2.23. The van der Waals surface area contributed by atoms with Gasteiger partial charge in [0.05, 0.1) is 12.2 Å². The highest BCUT2D eigenvalue weighted by Crippen LogP contribution is 2.33. The SMILES string of the molecule is Cc1ccc(C2CNc3ccccc3O2)cc1. The van der Waals surface area contributed by atoms with Crippen LogP contribution >= 0.6 is 0 Å². The average molecular weight is 225 g/mol. The number of benzene rings is 2. The van der Waals surface area contributed by atoms with Crippen LogP contribution in [0.1, 0.15) is 17.2 Å². The van der Waals surface area contributed by atoms with Crippen molar-refractivity contribution in [3.05, 3.63) is 59.7 Å². The number of nitrogens with one attached hydrogen (secondary N) is 1. The number of hydrogen-bond donors (Lipinski definition) is 1. The summed E-state index contributed by atoms with van der Waals surface area (Å²) in [7, 11) is 0. The van der Waals surface area contributed by atoms with Gasteiger partial charge >= 0.3 is 0 Å². The highest BCUT2D eigenvalue weighted by molar-refractivity contribution is 5.58. The molecule has 17 heavy (non-hydrogen) atoms. The molecule has 1 N–H and O–H groups in total. The van der Waals surface area contributed by atoms with Gasteiger partial charge in [0.15, 0.2) is 0 Å². The Hall–Kier alpha value is -1.96. The predicted molar refractivity (Wildman–Crippen MR) is 69.5 cm³/mol. The van der Waals surface area contributed by atoms with E-state index >= 15 is 0 Å². The molecule has 0 saturated heterocycles. The maximum Gasteiger partial charge on any atom is 0.143 e. The van der Waals surface area contributed by atoms with Gasteiger partial charge in [-0.25, -0.2) is 0 Å². The van der Waals surface area contributed by atoms with Crippen LogP contribution in [-0.4, -0.2) is 6.54 Å². The molecule has 0 amide bonds. The summed E-state index contributed by atoms with van der Waals surface area (Å²) in [5.41, 5.74) is 3.58. The van der Waals surface area contributed by atoms with Crippen LogP contribution in [0.3, 0.4) is 0 Å². The van der Waals surface area contributed by atoms with Gasteiger partial charge in [0.25, 0.3) is 0 Å². The van der Waals surface area contributed by atoms with Crippen molar-refractivity contribution in [3.8, 4) is 5.75 Å². The van der Waals surface area contributed by atoms with Crippen molar-refractivity contribution >= 4 is 5.69 Å². The van der Waals surface area contributed by atoms with Crippen LogP contribution in [0.4, 0.5) is 5.69 Å². The zero-order valence-electron chi connectivity index (χ0n) is 9.81. The Morgan fingerprint density at radius 1 is 1.06 bits per heavy atom. The van der Waals surface area contributed by atoms with Crippen LogP contribution < -0.4 is 10.1 Å². The molecule has 2 heteroatoms. The molecular weight excluding hydrogens is 210 g/mol. The third kappa shape index (κ3) is 1.98. The molecule has 2 aromatic carbocycles. The minimum absolute atomic E-state index is 0.102. The second kappa shape index (κ2) is 4.13. The highest BCUT2D eigenvalue weighted by atomic mass is 16.5. The molecule has 1 atom stereocenters. The molecule has 1 aliphatic heterocycles. The van der Waals surface area contributed by atoms with Crippen molar-refractivity contribution in [1.29, 1.82) is 0 Å². The molecule has 0 fully saturated rings. The van der Waals surface area contributed by atoms with Gasteiger partial charge in [-0.15, -0.1) is 0 Å². The molecule has 1 unspecified atom stereocenters. The molecule has 2 nitrogen and oxygen atoms in total. The number of rotatable bonds is 1. The van der Waals surface area contributed by atoms with E-state index in [1.54, 1.807) is 0 Å². The molecule has 86 valence electrons. The van der Waals surface area contributed by atoms with Gasteiger partial charge in [-0.1, -0.05) is 42.0 Å². The molecule has 0 spiro atoms. The van der Waals surface area contributed by atoms with Gasteiger partial charge in [0.2, 0.25) is 0 Å². The van der Waals surface area contributed by atoms with E-state index in [4.69, 9.17) is 4.74 Å². The Labute approximate surface area is 101 Å². The number of ether oxygens (including phenoxy) is 1. The summed E-state index contributed by atoms with van der Waals surface area (Å²) in [5, 5.41) is 3.40. The minimum Gasteiger partial charge on any atom is -0.482 e.